The molecular weight excluding hydrogens is 322 g/mol. The van der Waals surface area contributed by atoms with Crippen LogP contribution in [0.15, 0.2) is 11.6 Å². The van der Waals surface area contributed by atoms with Crippen molar-refractivity contribution in [1.82, 2.24) is 25.4 Å². The van der Waals surface area contributed by atoms with Gasteiger partial charge in [0, 0.05) is 42.6 Å². The van der Waals surface area contributed by atoms with Gasteiger partial charge in [0.15, 0.2) is 0 Å². The molecular formula is C17H25N5OS. The molecule has 2 aromatic rings. The first-order valence-corrected chi connectivity index (χ1v) is 9.42. The highest BCUT2D eigenvalue weighted by atomic mass is 32.1. The summed E-state index contributed by atoms with van der Waals surface area (Å²) in [6.45, 7) is 4.88. The third-order valence-corrected chi connectivity index (χ3v) is 5.61. The molecule has 3 rings (SSSR count). The molecule has 0 fully saturated rings. The monoisotopic (exact) mass is 347 g/mol. The number of rotatable bonds is 5. The van der Waals surface area contributed by atoms with Crippen molar-refractivity contribution in [3.8, 4) is 0 Å². The number of carbonyl (C=O) groups is 1. The summed E-state index contributed by atoms with van der Waals surface area (Å²) in [4.78, 5) is 16.8. The first-order chi connectivity index (χ1) is 11.5. The Labute approximate surface area is 146 Å². The third kappa shape index (κ3) is 3.77. The molecule has 0 aliphatic heterocycles. The zero-order chi connectivity index (χ0) is 17.1. The van der Waals surface area contributed by atoms with Crippen LogP contribution in [0.5, 0.6) is 0 Å². The minimum Gasteiger partial charge on any atom is -0.338 e. The molecule has 0 aromatic carbocycles. The molecule has 0 spiro atoms. The summed E-state index contributed by atoms with van der Waals surface area (Å²) in [5.41, 5.74) is 3.44. The van der Waals surface area contributed by atoms with Crippen molar-refractivity contribution < 1.29 is 4.79 Å². The maximum Gasteiger partial charge on any atom is 0.315 e. The van der Waals surface area contributed by atoms with Gasteiger partial charge in [-0.2, -0.15) is 5.10 Å². The number of hydrogen-bond donors (Lipinski definition) is 2. The van der Waals surface area contributed by atoms with E-state index in [2.05, 4.69) is 39.9 Å². The number of carbonyl (C=O) groups excluding carboxylic acids is 1. The summed E-state index contributed by atoms with van der Waals surface area (Å²) in [6, 6.07) is -0.0507. The fourth-order valence-electron chi connectivity index (χ4n) is 3.07. The van der Waals surface area contributed by atoms with E-state index >= 15 is 0 Å². The number of nitrogens with one attached hydrogen (secondary N) is 2. The first-order valence-electron chi connectivity index (χ1n) is 8.54. The average Bonchev–Trinajstić information content (AvgIpc) is 3.16. The van der Waals surface area contributed by atoms with Gasteiger partial charge in [-0.1, -0.05) is 13.8 Å². The normalized spacial score (nSPS) is 16.9. The van der Waals surface area contributed by atoms with Crippen LogP contribution in [-0.2, 0) is 19.9 Å². The van der Waals surface area contributed by atoms with E-state index < -0.39 is 0 Å². The van der Waals surface area contributed by atoms with Crippen molar-refractivity contribution >= 4 is 17.4 Å². The van der Waals surface area contributed by atoms with Crippen LogP contribution in [0.25, 0.3) is 0 Å². The van der Waals surface area contributed by atoms with Crippen molar-refractivity contribution in [2.75, 3.05) is 6.54 Å². The Balaban J connectivity index is 1.48. The van der Waals surface area contributed by atoms with E-state index in [0.717, 1.165) is 41.9 Å². The Bertz CT molecular complexity index is 706. The molecule has 1 aliphatic carbocycles. The van der Waals surface area contributed by atoms with Crippen LogP contribution in [-0.4, -0.2) is 27.3 Å². The van der Waals surface area contributed by atoms with Crippen molar-refractivity contribution in [1.29, 1.82) is 0 Å². The highest BCUT2D eigenvalue weighted by Gasteiger charge is 2.24. The van der Waals surface area contributed by atoms with E-state index in [1.165, 1.54) is 5.69 Å². The highest BCUT2D eigenvalue weighted by molar-refractivity contribution is 7.09. The minimum atomic E-state index is -0.115. The van der Waals surface area contributed by atoms with Gasteiger partial charge in [0.25, 0.3) is 0 Å². The molecule has 130 valence electrons. The van der Waals surface area contributed by atoms with Gasteiger partial charge in [0.05, 0.1) is 22.9 Å². The zero-order valence-electron chi connectivity index (χ0n) is 14.5. The minimum absolute atomic E-state index is 0.0641. The summed E-state index contributed by atoms with van der Waals surface area (Å²) in [5, 5.41) is 13.6. The van der Waals surface area contributed by atoms with Crippen LogP contribution in [0.1, 0.15) is 60.6 Å². The Morgan fingerprint density at radius 3 is 3.08 bits per heavy atom. The largest absolute Gasteiger partial charge is 0.338 e. The van der Waals surface area contributed by atoms with Gasteiger partial charge in [-0.15, -0.1) is 11.3 Å². The van der Waals surface area contributed by atoms with Crippen molar-refractivity contribution in [3.05, 3.63) is 33.5 Å². The van der Waals surface area contributed by atoms with Crippen LogP contribution in [0.2, 0.25) is 0 Å². The summed E-state index contributed by atoms with van der Waals surface area (Å²) >= 11 is 1.69. The average molecular weight is 347 g/mol. The number of amides is 2. The van der Waals surface area contributed by atoms with Crippen molar-refractivity contribution in [2.45, 2.75) is 51.5 Å². The van der Waals surface area contributed by atoms with Gasteiger partial charge >= 0.3 is 6.03 Å². The molecule has 0 bridgehead atoms. The van der Waals surface area contributed by atoms with Gasteiger partial charge in [0.1, 0.15) is 0 Å². The number of fused-ring (bicyclic) bond motifs is 1. The maximum absolute atomic E-state index is 12.2. The second kappa shape index (κ2) is 7.34. The van der Waals surface area contributed by atoms with E-state index in [9.17, 15) is 4.79 Å². The molecule has 2 N–H and O–H groups in total. The molecule has 7 heteroatoms. The predicted octanol–water partition coefficient (Wildman–Crippen LogP) is 2.92. The lowest BCUT2D eigenvalue weighted by Crippen LogP contribution is -2.39. The number of urea groups is 1. The Kier molecular flexibility index (Phi) is 5.18. The molecule has 2 aromatic heterocycles. The number of aryl methyl sites for hydroxylation is 1. The number of hydrogen-bond acceptors (Lipinski definition) is 4. The molecule has 6 nitrogen and oxygen atoms in total. The van der Waals surface area contributed by atoms with Crippen LogP contribution >= 0.6 is 11.3 Å². The second-order valence-corrected chi connectivity index (χ2v) is 7.49. The smallest absolute Gasteiger partial charge is 0.315 e. The maximum atomic E-state index is 12.2. The molecule has 0 saturated heterocycles. The molecule has 2 heterocycles. The zero-order valence-corrected chi connectivity index (χ0v) is 15.3. The molecule has 2 amide bonds. The summed E-state index contributed by atoms with van der Waals surface area (Å²) in [5.74, 6) is 0.458. The number of nitrogens with zero attached hydrogens (tertiary/aromatic N) is 3. The molecule has 1 unspecified atom stereocenters. The van der Waals surface area contributed by atoms with Gasteiger partial charge in [0.2, 0.25) is 0 Å². The highest BCUT2D eigenvalue weighted by Crippen LogP contribution is 2.28. The van der Waals surface area contributed by atoms with Crippen LogP contribution in [0.4, 0.5) is 4.79 Å². The van der Waals surface area contributed by atoms with Crippen molar-refractivity contribution in [3.63, 3.8) is 0 Å². The standard InChI is InChI=1S/C17H25N5OS/c1-11(2)16-20-12(10-24-16)7-8-18-17(23)21-14-5-4-6-15-13(14)9-19-22(15)3/h9-11,14H,4-8H2,1-3H3,(H2,18,21,23). The lowest BCUT2D eigenvalue weighted by Gasteiger charge is -2.23. The van der Waals surface area contributed by atoms with E-state index in [0.29, 0.717) is 12.5 Å². The molecule has 1 aliphatic rings. The Morgan fingerprint density at radius 1 is 1.50 bits per heavy atom. The van der Waals surface area contributed by atoms with Gasteiger partial charge in [-0.25, -0.2) is 9.78 Å². The van der Waals surface area contributed by atoms with E-state index in [-0.39, 0.29) is 12.1 Å². The van der Waals surface area contributed by atoms with E-state index in [4.69, 9.17) is 0 Å². The predicted molar refractivity (Wildman–Crippen MR) is 95.3 cm³/mol. The quantitative estimate of drug-likeness (QED) is 0.873. The molecule has 0 saturated carbocycles. The van der Waals surface area contributed by atoms with Gasteiger partial charge in [-0.3, -0.25) is 4.68 Å². The van der Waals surface area contributed by atoms with Gasteiger partial charge < -0.3 is 10.6 Å². The van der Waals surface area contributed by atoms with E-state index in [1.54, 1.807) is 11.3 Å². The topological polar surface area (TPSA) is 71.8 Å². The number of aromatic nitrogens is 3. The second-order valence-electron chi connectivity index (χ2n) is 6.60. The molecule has 1 atom stereocenters. The summed E-state index contributed by atoms with van der Waals surface area (Å²) in [6.07, 6.45) is 5.72. The third-order valence-electron chi connectivity index (χ3n) is 4.41. The lowest BCUT2D eigenvalue weighted by molar-refractivity contribution is 0.235. The Morgan fingerprint density at radius 2 is 2.33 bits per heavy atom. The SMILES string of the molecule is CC(C)c1nc(CCNC(=O)NC2CCCc3c2cnn3C)cs1. The fourth-order valence-corrected chi connectivity index (χ4v) is 3.94. The molecule has 0 radical (unpaired) electrons. The van der Waals surface area contributed by atoms with Gasteiger partial charge in [-0.05, 0) is 19.3 Å². The van der Waals surface area contributed by atoms with E-state index in [1.807, 2.05) is 17.9 Å². The molecule has 24 heavy (non-hydrogen) atoms. The number of thiazole rings is 1. The summed E-state index contributed by atoms with van der Waals surface area (Å²) in [7, 11) is 1.96. The lowest BCUT2D eigenvalue weighted by atomic mass is 9.93. The van der Waals surface area contributed by atoms with Crippen LogP contribution in [0, 0.1) is 0 Å². The Hall–Kier alpha value is -1.89. The van der Waals surface area contributed by atoms with Crippen LogP contribution < -0.4 is 10.6 Å². The summed E-state index contributed by atoms with van der Waals surface area (Å²) < 4.78 is 1.91. The first kappa shape index (κ1) is 17.0. The van der Waals surface area contributed by atoms with Crippen LogP contribution in [0.3, 0.4) is 0 Å². The van der Waals surface area contributed by atoms with Crippen molar-refractivity contribution in [2.24, 2.45) is 7.05 Å². The fraction of sp³-hybridized carbons (Fsp3) is 0.588.